The highest BCUT2D eigenvalue weighted by Gasteiger charge is 2.25. The van der Waals surface area contributed by atoms with Crippen LogP contribution in [-0.2, 0) is 20.3 Å². The van der Waals surface area contributed by atoms with Crippen molar-refractivity contribution < 1.29 is 22.4 Å². The molecule has 0 radical (unpaired) electrons. The summed E-state index contributed by atoms with van der Waals surface area (Å²) in [5.74, 6) is 1.10. The summed E-state index contributed by atoms with van der Waals surface area (Å²) in [6.07, 6.45) is 0.778. The van der Waals surface area contributed by atoms with Crippen LogP contribution < -0.4 is 4.74 Å². The number of nitrogens with zero attached hydrogens (tertiary/aromatic N) is 2. The molecule has 8 heteroatoms. The summed E-state index contributed by atoms with van der Waals surface area (Å²) >= 11 is 0. The summed E-state index contributed by atoms with van der Waals surface area (Å²) < 4.78 is 39.7. The lowest BCUT2D eigenvalue weighted by molar-refractivity contribution is 0.188. The number of methoxy groups -OCH3 is 1. The lowest BCUT2D eigenvalue weighted by atomic mass is 10.2. The predicted octanol–water partition coefficient (Wildman–Crippen LogP) is 1.70. The van der Waals surface area contributed by atoms with E-state index in [2.05, 4.69) is 10.1 Å². The number of hydrogen-bond acceptors (Lipinski definition) is 7. The van der Waals surface area contributed by atoms with Gasteiger partial charge in [-0.15, -0.1) is 0 Å². The molecule has 1 saturated heterocycles. The predicted molar refractivity (Wildman–Crippen MR) is 82.7 cm³/mol. The largest absolute Gasteiger partial charge is 0.497 e. The number of sulfone groups is 1. The van der Waals surface area contributed by atoms with E-state index >= 15 is 0 Å². The molecule has 0 saturated carbocycles. The first-order valence-electron chi connectivity index (χ1n) is 7.31. The van der Waals surface area contributed by atoms with E-state index in [1.807, 2.05) is 0 Å². The lowest BCUT2D eigenvalue weighted by Gasteiger charge is -2.06. The zero-order chi connectivity index (χ0) is 16.3. The molecule has 0 N–H and O–H groups in total. The van der Waals surface area contributed by atoms with Crippen molar-refractivity contribution in [1.82, 2.24) is 10.1 Å². The second kappa shape index (κ2) is 6.67. The van der Waals surface area contributed by atoms with E-state index in [1.165, 1.54) is 0 Å². The molecule has 2 heterocycles. The molecule has 2 aromatic rings. The zero-order valence-corrected chi connectivity index (χ0v) is 13.6. The van der Waals surface area contributed by atoms with Crippen molar-refractivity contribution in [2.45, 2.75) is 12.2 Å². The van der Waals surface area contributed by atoms with Gasteiger partial charge in [0, 0.05) is 12.2 Å². The van der Waals surface area contributed by atoms with Crippen LogP contribution in [0.2, 0.25) is 0 Å². The van der Waals surface area contributed by atoms with Crippen LogP contribution in [0.3, 0.4) is 0 Å². The Morgan fingerprint density at radius 3 is 2.74 bits per heavy atom. The summed E-state index contributed by atoms with van der Waals surface area (Å²) in [4.78, 5) is 4.17. The quantitative estimate of drug-likeness (QED) is 0.791. The van der Waals surface area contributed by atoms with Gasteiger partial charge in [-0.3, -0.25) is 0 Å². The Hall–Kier alpha value is -1.93. The van der Waals surface area contributed by atoms with Crippen LogP contribution in [0.25, 0.3) is 11.4 Å². The van der Waals surface area contributed by atoms with Crippen molar-refractivity contribution in [2.75, 3.05) is 26.1 Å². The fourth-order valence-electron chi connectivity index (χ4n) is 2.49. The first kappa shape index (κ1) is 15.9. The minimum absolute atomic E-state index is 0.0592. The summed E-state index contributed by atoms with van der Waals surface area (Å²) in [6.45, 7) is 1.13. The van der Waals surface area contributed by atoms with E-state index in [9.17, 15) is 8.42 Å². The molecule has 1 aromatic carbocycles. The van der Waals surface area contributed by atoms with Gasteiger partial charge in [0.2, 0.25) is 11.7 Å². The molecular weight excluding hydrogens is 320 g/mol. The molecule has 1 aliphatic heterocycles. The maximum absolute atomic E-state index is 12.2. The molecule has 0 spiro atoms. The molecule has 7 nitrogen and oxygen atoms in total. The van der Waals surface area contributed by atoms with E-state index in [4.69, 9.17) is 14.0 Å². The fourth-order valence-corrected chi connectivity index (χ4v) is 4.08. The number of aromatic nitrogens is 2. The number of hydrogen-bond donors (Lipinski definition) is 0. The third kappa shape index (κ3) is 4.08. The Morgan fingerprint density at radius 2 is 2.09 bits per heavy atom. The lowest BCUT2D eigenvalue weighted by Crippen LogP contribution is -2.18. The summed E-state index contributed by atoms with van der Waals surface area (Å²) in [7, 11) is -1.71. The van der Waals surface area contributed by atoms with E-state index in [-0.39, 0.29) is 23.3 Å². The molecule has 0 amide bonds. The summed E-state index contributed by atoms with van der Waals surface area (Å²) in [6, 6.07) is 7.14. The van der Waals surface area contributed by atoms with E-state index in [0.717, 1.165) is 17.7 Å². The molecule has 0 bridgehead atoms. The highest BCUT2D eigenvalue weighted by atomic mass is 32.2. The Balaban J connectivity index is 1.68. The molecule has 1 fully saturated rings. The average molecular weight is 338 g/mol. The minimum Gasteiger partial charge on any atom is -0.497 e. The Kier molecular flexibility index (Phi) is 4.63. The smallest absolute Gasteiger partial charge is 0.242 e. The van der Waals surface area contributed by atoms with Gasteiger partial charge in [-0.25, -0.2) is 8.42 Å². The monoisotopic (exact) mass is 338 g/mol. The van der Waals surface area contributed by atoms with Gasteiger partial charge in [0.1, 0.15) is 11.5 Å². The Morgan fingerprint density at radius 1 is 1.30 bits per heavy atom. The first-order valence-corrected chi connectivity index (χ1v) is 9.13. The van der Waals surface area contributed by atoms with Gasteiger partial charge in [0.15, 0.2) is 9.84 Å². The molecule has 3 rings (SSSR count). The molecule has 1 aliphatic rings. The van der Waals surface area contributed by atoms with Crippen molar-refractivity contribution in [3.63, 3.8) is 0 Å². The average Bonchev–Trinajstić information content (AvgIpc) is 3.18. The van der Waals surface area contributed by atoms with E-state index in [1.54, 1.807) is 31.4 Å². The van der Waals surface area contributed by atoms with Gasteiger partial charge < -0.3 is 14.0 Å². The van der Waals surface area contributed by atoms with Gasteiger partial charge in [0.25, 0.3) is 0 Å². The number of ether oxygens (including phenoxy) is 2. The molecule has 124 valence electrons. The Labute approximate surface area is 134 Å². The third-order valence-corrected chi connectivity index (χ3v) is 5.34. The third-order valence-electron chi connectivity index (χ3n) is 3.67. The van der Waals surface area contributed by atoms with E-state index in [0.29, 0.717) is 19.0 Å². The zero-order valence-electron chi connectivity index (χ0n) is 12.8. The first-order chi connectivity index (χ1) is 11.1. The maximum atomic E-state index is 12.2. The van der Waals surface area contributed by atoms with Crippen LogP contribution in [0.4, 0.5) is 0 Å². The van der Waals surface area contributed by atoms with Crippen LogP contribution in [0.5, 0.6) is 5.75 Å². The SMILES string of the molecule is COc1ccc(-c2noc(CS(=O)(=O)C[C@@H]3CCOC3)n2)cc1. The Bertz CT molecular complexity index is 748. The van der Waals surface area contributed by atoms with Gasteiger partial charge in [0.05, 0.1) is 19.5 Å². The number of rotatable bonds is 6. The van der Waals surface area contributed by atoms with Crippen molar-refractivity contribution in [1.29, 1.82) is 0 Å². The van der Waals surface area contributed by atoms with Gasteiger partial charge >= 0.3 is 0 Å². The van der Waals surface area contributed by atoms with E-state index < -0.39 is 9.84 Å². The second-order valence-corrected chi connectivity index (χ2v) is 7.63. The molecule has 23 heavy (non-hydrogen) atoms. The van der Waals surface area contributed by atoms with Crippen molar-refractivity contribution >= 4 is 9.84 Å². The summed E-state index contributed by atoms with van der Waals surface area (Å²) in [5, 5.41) is 3.84. The number of benzene rings is 1. The highest BCUT2D eigenvalue weighted by Crippen LogP contribution is 2.21. The fraction of sp³-hybridized carbons (Fsp3) is 0.467. The van der Waals surface area contributed by atoms with Crippen molar-refractivity contribution in [3.05, 3.63) is 30.2 Å². The minimum atomic E-state index is -3.29. The van der Waals surface area contributed by atoms with Crippen molar-refractivity contribution in [2.24, 2.45) is 5.92 Å². The van der Waals surface area contributed by atoms with Crippen LogP contribution in [0.1, 0.15) is 12.3 Å². The topological polar surface area (TPSA) is 91.5 Å². The molecule has 0 aliphatic carbocycles. The highest BCUT2D eigenvalue weighted by molar-refractivity contribution is 7.90. The molecule has 1 aromatic heterocycles. The van der Waals surface area contributed by atoms with Crippen LogP contribution in [-0.4, -0.2) is 44.6 Å². The van der Waals surface area contributed by atoms with Crippen molar-refractivity contribution in [3.8, 4) is 17.1 Å². The van der Waals surface area contributed by atoms with Crippen LogP contribution in [0, 0.1) is 5.92 Å². The second-order valence-electron chi connectivity index (χ2n) is 5.52. The summed E-state index contributed by atoms with van der Waals surface area (Å²) in [5.41, 5.74) is 0.738. The molecule has 0 unspecified atom stereocenters. The van der Waals surface area contributed by atoms with Gasteiger partial charge in [-0.1, -0.05) is 5.16 Å². The van der Waals surface area contributed by atoms with Gasteiger partial charge in [-0.05, 0) is 36.6 Å². The van der Waals surface area contributed by atoms with Crippen LogP contribution in [0.15, 0.2) is 28.8 Å². The molecule has 1 atom stereocenters. The maximum Gasteiger partial charge on any atom is 0.242 e. The van der Waals surface area contributed by atoms with Gasteiger partial charge in [-0.2, -0.15) is 4.98 Å². The normalized spacial score (nSPS) is 18.2. The van der Waals surface area contributed by atoms with Crippen LogP contribution >= 0.6 is 0 Å². The standard InChI is InChI=1S/C15H18N2O5S/c1-20-13-4-2-12(3-5-13)15-16-14(22-17-15)10-23(18,19)9-11-6-7-21-8-11/h2-5,11H,6-10H2,1H3/t11-/m1/s1. The molecular formula is C15H18N2O5S.